The second kappa shape index (κ2) is 6.41. The molecule has 2 aromatic heterocycles. The molecular weight excluding hydrogens is 318 g/mol. The molecule has 0 radical (unpaired) electrons. The highest BCUT2D eigenvalue weighted by Gasteiger charge is 2.10. The van der Waals surface area contributed by atoms with Crippen LogP contribution in [0, 0.1) is 6.92 Å². The Morgan fingerprint density at radius 1 is 1.00 bits per heavy atom. The van der Waals surface area contributed by atoms with E-state index in [4.69, 9.17) is 0 Å². The molecule has 0 amide bonds. The second-order valence-corrected chi connectivity index (χ2v) is 6.43. The summed E-state index contributed by atoms with van der Waals surface area (Å²) in [7, 11) is 0. The third-order valence-corrected chi connectivity index (χ3v) is 4.75. The molecule has 0 spiro atoms. The van der Waals surface area contributed by atoms with Crippen molar-refractivity contribution in [2.45, 2.75) is 17.6 Å². The van der Waals surface area contributed by atoms with Crippen LogP contribution in [0.3, 0.4) is 0 Å². The lowest BCUT2D eigenvalue weighted by atomic mass is 10.2. The number of fused-ring (bicyclic) bond motifs is 1. The van der Waals surface area contributed by atoms with Crippen molar-refractivity contribution in [1.29, 1.82) is 0 Å². The Labute approximate surface area is 143 Å². The van der Waals surface area contributed by atoms with Crippen LogP contribution in [-0.2, 0) is 5.75 Å². The van der Waals surface area contributed by atoms with Crippen LogP contribution in [0.4, 0.5) is 0 Å². The van der Waals surface area contributed by atoms with Crippen molar-refractivity contribution >= 4 is 22.7 Å². The van der Waals surface area contributed by atoms with Gasteiger partial charge in [-0.05, 0) is 41.6 Å². The Balaban J connectivity index is 1.64. The molecule has 0 N–H and O–H groups in total. The fraction of sp³-hybridized carbons (Fsp3) is 0.111. The van der Waals surface area contributed by atoms with Gasteiger partial charge in [-0.25, -0.2) is 0 Å². The van der Waals surface area contributed by atoms with Gasteiger partial charge in [-0.1, -0.05) is 36.4 Å². The molecule has 2 heterocycles. The molecule has 6 heteroatoms. The van der Waals surface area contributed by atoms with E-state index in [-0.39, 0.29) is 0 Å². The van der Waals surface area contributed by atoms with Crippen molar-refractivity contribution in [3.05, 3.63) is 72.2 Å². The van der Waals surface area contributed by atoms with E-state index >= 15 is 0 Å². The first-order chi connectivity index (χ1) is 11.8. The number of thioether (sulfide) groups is 1. The van der Waals surface area contributed by atoms with Crippen molar-refractivity contribution in [2.24, 2.45) is 0 Å². The number of para-hydroxylation sites is 2. The third kappa shape index (κ3) is 2.88. The molecule has 24 heavy (non-hydrogen) atoms. The normalized spacial score (nSPS) is 11.0. The predicted octanol–water partition coefficient (Wildman–Crippen LogP) is 3.81. The molecule has 0 fully saturated rings. The molecule has 0 unspecified atom stereocenters. The topological polar surface area (TPSA) is 56.5 Å². The molecule has 0 saturated heterocycles. The number of hydrogen-bond acceptors (Lipinski definition) is 5. The lowest BCUT2D eigenvalue weighted by molar-refractivity contribution is 0.777. The average Bonchev–Trinajstić information content (AvgIpc) is 3.09. The predicted molar refractivity (Wildman–Crippen MR) is 95.2 cm³/mol. The van der Waals surface area contributed by atoms with Gasteiger partial charge in [0.15, 0.2) is 5.82 Å². The van der Waals surface area contributed by atoms with Gasteiger partial charge in [0.2, 0.25) is 0 Å². The largest absolute Gasteiger partial charge is 0.253 e. The number of rotatable bonds is 4. The van der Waals surface area contributed by atoms with Crippen LogP contribution in [0.1, 0.15) is 11.5 Å². The van der Waals surface area contributed by atoms with Gasteiger partial charge in [0, 0.05) is 16.0 Å². The molecule has 0 atom stereocenters. The molecule has 5 nitrogen and oxygen atoms in total. The standard InChI is InChI=1S/C18H15N5S/c1-13-11-17(15-9-5-6-10-16(15)19-13)24-12-18-20-21-22-23(18)14-7-3-2-4-8-14/h2-11H,12H2,1H3. The van der Waals surface area contributed by atoms with Crippen molar-refractivity contribution in [3.63, 3.8) is 0 Å². The molecule has 118 valence electrons. The number of tetrazole rings is 1. The van der Waals surface area contributed by atoms with Crippen LogP contribution >= 0.6 is 11.8 Å². The summed E-state index contributed by atoms with van der Waals surface area (Å²) in [4.78, 5) is 5.78. The van der Waals surface area contributed by atoms with Crippen molar-refractivity contribution in [2.75, 3.05) is 0 Å². The minimum atomic E-state index is 0.690. The van der Waals surface area contributed by atoms with Crippen LogP contribution in [0.25, 0.3) is 16.6 Å². The lowest BCUT2D eigenvalue weighted by Gasteiger charge is -2.08. The smallest absolute Gasteiger partial charge is 0.166 e. The van der Waals surface area contributed by atoms with Crippen LogP contribution in [-0.4, -0.2) is 25.2 Å². The number of benzene rings is 2. The molecule has 4 rings (SSSR count). The highest BCUT2D eigenvalue weighted by molar-refractivity contribution is 7.98. The maximum atomic E-state index is 4.59. The van der Waals surface area contributed by atoms with Gasteiger partial charge in [0.1, 0.15) is 0 Å². The second-order valence-electron chi connectivity index (χ2n) is 5.41. The first kappa shape index (κ1) is 14.8. The molecule has 2 aromatic carbocycles. The van der Waals surface area contributed by atoms with Crippen LogP contribution < -0.4 is 0 Å². The number of pyridine rings is 1. The fourth-order valence-corrected chi connectivity index (χ4v) is 3.64. The summed E-state index contributed by atoms with van der Waals surface area (Å²) in [5, 5.41) is 13.3. The minimum absolute atomic E-state index is 0.690. The van der Waals surface area contributed by atoms with Gasteiger partial charge < -0.3 is 0 Å². The zero-order valence-electron chi connectivity index (χ0n) is 13.1. The van der Waals surface area contributed by atoms with Gasteiger partial charge in [-0.15, -0.1) is 16.9 Å². The zero-order valence-corrected chi connectivity index (χ0v) is 13.9. The first-order valence-electron chi connectivity index (χ1n) is 7.63. The number of aryl methyl sites for hydroxylation is 1. The summed E-state index contributed by atoms with van der Waals surface area (Å²) in [5.41, 5.74) is 3.00. The molecule has 0 aliphatic rings. The van der Waals surface area contributed by atoms with E-state index in [1.54, 1.807) is 16.4 Å². The molecule has 0 aliphatic carbocycles. The Kier molecular flexibility index (Phi) is 3.96. The lowest BCUT2D eigenvalue weighted by Crippen LogP contribution is -2.01. The Hall–Kier alpha value is -2.73. The van der Waals surface area contributed by atoms with Gasteiger partial charge in [-0.2, -0.15) is 4.68 Å². The maximum Gasteiger partial charge on any atom is 0.166 e. The van der Waals surface area contributed by atoms with Crippen molar-refractivity contribution in [3.8, 4) is 5.69 Å². The van der Waals surface area contributed by atoms with Crippen LogP contribution in [0.2, 0.25) is 0 Å². The summed E-state index contributed by atoms with van der Waals surface area (Å²) in [6, 6.07) is 20.2. The number of hydrogen-bond donors (Lipinski definition) is 0. The molecule has 0 saturated carbocycles. The monoisotopic (exact) mass is 333 g/mol. The van der Waals surface area contributed by atoms with Gasteiger partial charge in [0.25, 0.3) is 0 Å². The van der Waals surface area contributed by atoms with Crippen LogP contribution in [0.15, 0.2) is 65.6 Å². The quantitative estimate of drug-likeness (QED) is 0.532. The summed E-state index contributed by atoms with van der Waals surface area (Å²) < 4.78 is 1.78. The van der Waals surface area contributed by atoms with Gasteiger partial charge >= 0.3 is 0 Å². The summed E-state index contributed by atoms with van der Waals surface area (Å²) in [6.45, 7) is 2.02. The third-order valence-electron chi connectivity index (χ3n) is 3.70. The minimum Gasteiger partial charge on any atom is -0.253 e. The van der Waals surface area contributed by atoms with Crippen molar-refractivity contribution in [1.82, 2.24) is 25.2 Å². The molecule has 4 aromatic rings. The summed E-state index contributed by atoms with van der Waals surface area (Å²) >= 11 is 1.73. The van der Waals surface area contributed by atoms with E-state index in [1.807, 2.05) is 55.5 Å². The average molecular weight is 333 g/mol. The van der Waals surface area contributed by atoms with E-state index in [0.29, 0.717) is 5.75 Å². The van der Waals surface area contributed by atoms with Gasteiger partial charge in [0.05, 0.1) is 17.0 Å². The van der Waals surface area contributed by atoms with Crippen LogP contribution in [0.5, 0.6) is 0 Å². The number of nitrogens with zero attached hydrogens (tertiary/aromatic N) is 5. The molecule has 0 aliphatic heterocycles. The van der Waals surface area contributed by atoms with E-state index in [0.717, 1.165) is 28.1 Å². The van der Waals surface area contributed by atoms with Crippen molar-refractivity contribution < 1.29 is 0 Å². The van der Waals surface area contributed by atoms with E-state index in [1.165, 1.54) is 4.90 Å². The molecular formula is C18H15N5S. The fourth-order valence-electron chi connectivity index (χ4n) is 2.60. The highest BCUT2D eigenvalue weighted by Crippen LogP contribution is 2.30. The number of aromatic nitrogens is 5. The summed E-state index contributed by atoms with van der Waals surface area (Å²) in [5.74, 6) is 1.51. The summed E-state index contributed by atoms with van der Waals surface area (Å²) in [6.07, 6.45) is 0. The maximum absolute atomic E-state index is 4.59. The van der Waals surface area contributed by atoms with E-state index in [2.05, 4.69) is 32.6 Å². The van der Waals surface area contributed by atoms with E-state index < -0.39 is 0 Å². The Morgan fingerprint density at radius 2 is 1.79 bits per heavy atom. The van der Waals surface area contributed by atoms with Gasteiger partial charge in [-0.3, -0.25) is 4.98 Å². The highest BCUT2D eigenvalue weighted by atomic mass is 32.2. The Bertz CT molecular complexity index is 981. The van der Waals surface area contributed by atoms with E-state index in [9.17, 15) is 0 Å². The Morgan fingerprint density at radius 3 is 2.67 bits per heavy atom. The first-order valence-corrected chi connectivity index (χ1v) is 8.62. The SMILES string of the molecule is Cc1cc(SCc2nnnn2-c2ccccc2)c2ccccc2n1. The zero-order chi connectivity index (χ0) is 16.4. The molecule has 0 bridgehead atoms.